The summed E-state index contributed by atoms with van der Waals surface area (Å²) in [5.41, 5.74) is 0.831. The topological polar surface area (TPSA) is 71.1 Å². The molecule has 112 valence electrons. The highest BCUT2D eigenvalue weighted by Gasteiger charge is 2.21. The average molecular weight is 326 g/mol. The monoisotopic (exact) mass is 325 g/mol. The quantitative estimate of drug-likeness (QED) is 0.886. The van der Waals surface area contributed by atoms with E-state index in [0.717, 1.165) is 5.56 Å². The van der Waals surface area contributed by atoms with Crippen molar-refractivity contribution >= 4 is 27.4 Å². The molecule has 0 amide bonds. The summed E-state index contributed by atoms with van der Waals surface area (Å²) in [6, 6.07) is 9.75. The molecule has 1 unspecified atom stereocenters. The lowest BCUT2D eigenvalue weighted by Crippen LogP contribution is -2.27. The van der Waals surface area contributed by atoms with Gasteiger partial charge in [-0.3, -0.25) is 0 Å². The van der Waals surface area contributed by atoms with Crippen LogP contribution in [0, 0.1) is 0 Å². The first-order valence-electron chi connectivity index (χ1n) is 6.34. The van der Waals surface area contributed by atoms with Crippen LogP contribution in [-0.2, 0) is 10.0 Å². The fourth-order valence-electron chi connectivity index (χ4n) is 1.91. The Morgan fingerprint density at radius 2 is 1.86 bits per heavy atom. The molecule has 1 aromatic heterocycles. The van der Waals surface area contributed by atoms with Crippen molar-refractivity contribution in [2.45, 2.75) is 17.9 Å². The fourth-order valence-corrected chi connectivity index (χ4v) is 3.43. The third-order valence-corrected chi connectivity index (χ3v) is 4.82. The number of nitrogens with one attached hydrogen (secondary N) is 2. The van der Waals surface area contributed by atoms with Crippen molar-refractivity contribution in [1.82, 2.24) is 9.71 Å². The normalized spacial score (nSPS) is 12.9. The van der Waals surface area contributed by atoms with Gasteiger partial charge in [0.1, 0.15) is 10.7 Å². The summed E-state index contributed by atoms with van der Waals surface area (Å²) in [7, 11) is -2.04. The Hall–Kier alpha value is -1.63. The van der Waals surface area contributed by atoms with Gasteiger partial charge < -0.3 is 5.32 Å². The first-order valence-corrected chi connectivity index (χ1v) is 8.20. The van der Waals surface area contributed by atoms with Crippen molar-refractivity contribution in [3.8, 4) is 0 Å². The largest absolute Gasteiger partial charge is 0.372 e. The van der Waals surface area contributed by atoms with E-state index >= 15 is 0 Å². The van der Waals surface area contributed by atoms with Gasteiger partial charge in [-0.25, -0.2) is 18.1 Å². The number of aromatic nitrogens is 1. The molecule has 7 heteroatoms. The zero-order valence-corrected chi connectivity index (χ0v) is 13.2. The molecule has 0 saturated carbocycles. The van der Waals surface area contributed by atoms with E-state index in [9.17, 15) is 8.42 Å². The molecule has 2 N–H and O–H groups in total. The van der Waals surface area contributed by atoms with Crippen LogP contribution in [0.4, 0.5) is 5.82 Å². The summed E-state index contributed by atoms with van der Waals surface area (Å²) in [5, 5.41) is 3.38. The fraction of sp³-hybridized carbons (Fsp3) is 0.214. The Balaban J connectivity index is 2.26. The van der Waals surface area contributed by atoms with Gasteiger partial charge in [0, 0.05) is 24.3 Å². The summed E-state index contributed by atoms with van der Waals surface area (Å²) in [6.07, 6.45) is 1.54. The maximum absolute atomic E-state index is 12.4. The number of nitrogens with zero attached hydrogens (tertiary/aromatic N) is 1. The number of hydrogen-bond donors (Lipinski definition) is 2. The SMILES string of the molecule is CNc1ncccc1S(=O)(=O)NC(C)c1ccc(Cl)cc1. The van der Waals surface area contributed by atoms with Crippen molar-refractivity contribution in [1.29, 1.82) is 0 Å². The predicted molar refractivity (Wildman–Crippen MR) is 84.0 cm³/mol. The molecule has 2 rings (SSSR count). The lowest BCUT2D eigenvalue weighted by molar-refractivity contribution is 0.567. The molecule has 0 radical (unpaired) electrons. The molecule has 1 heterocycles. The van der Waals surface area contributed by atoms with E-state index in [0.29, 0.717) is 10.8 Å². The molecule has 1 aromatic carbocycles. The van der Waals surface area contributed by atoms with Crippen molar-refractivity contribution in [2.75, 3.05) is 12.4 Å². The number of halogens is 1. The zero-order valence-electron chi connectivity index (χ0n) is 11.7. The van der Waals surface area contributed by atoms with Crippen molar-refractivity contribution in [2.24, 2.45) is 0 Å². The molecule has 1 atom stereocenters. The number of sulfonamides is 1. The first kappa shape index (κ1) is 15.8. The van der Waals surface area contributed by atoms with E-state index in [1.807, 2.05) is 0 Å². The van der Waals surface area contributed by atoms with Gasteiger partial charge in [0.15, 0.2) is 0 Å². The number of hydrogen-bond acceptors (Lipinski definition) is 4. The summed E-state index contributed by atoms with van der Waals surface area (Å²) in [5.74, 6) is 0.313. The summed E-state index contributed by atoms with van der Waals surface area (Å²) < 4.78 is 27.5. The number of rotatable bonds is 5. The maximum Gasteiger partial charge on any atom is 0.244 e. The molecule has 0 aliphatic carbocycles. The lowest BCUT2D eigenvalue weighted by atomic mass is 10.1. The molecule has 0 spiro atoms. The highest BCUT2D eigenvalue weighted by atomic mass is 35.5. The van der Waals surface area contributed by atoms with Crippen LogP contribution in [0.3, 0.4) is 0 Å². The van der Waals surface area contributed by atoms with Crippen LogP contribution in [0.2, 0.25) is 5.02 Å². The number of anilines is 1. The summed E-state index contributed by atoms with van der Waals surface area (Å²) >= 11 is 5.83. The molecule has 0 aliphatic heterocycles. The molecular weight excluding hydrogens is 310 g/mol. The molecule has 21 heavy (non-hydrogen) atoms. The lowest BCUT2D eigenvalue weighted by Gasteiger charge is -2.16. The van der Waals surface area contributed by atoms with Crippen molar-refractivity contribution in [3.63, 3.8) is 0 Å². The van der Waals surface area contributed by atoms with E-state index in [4.69, 9.17) is 11.6 Å². The Morgan fingerprint density at radius 1 is 1.19 bits per heavy atom. The van der Waals surface area contributed by atoms with Crippen LogP contribution in [0.15, 0.2) is 47.5 Å². The third kappa shape index (κ3) is 3.72. The number of pyridine rings is 1. The van der Waals surface area contributed by atoms with Gasteiger partial charge in [0.05, 0.1) is 0 Å². The first-order chi connectivity index (χ1) is 9.94. The van der Waals surface area contributed by atoms with Crippen molar-refractivity contribution in [3.05, 3.63) is 53.2 Å². The van der Waals surface area contributed by atoms with Crippen LogP contribution in [0.1, 0.15) is 18.5 Å². The van der Waals surface area contributed by atoms with Gasteiger partial charge in [0.2, 0.25) is 10.0 Å². The standard InChI is InChI=1S/C14H16ClN3O2S/c1-10(11-5-7-12(15)8-6-11)18-21(19,20)13-4-3-9-17-14(13)16-2/h3-10,18H,1-2H3,(H,16,17). The molecule has 5 nitrogen and oxygen atoms in total. The molecule has 0 fully saturated rings. The second kappa shape index (κ2) is 6.43. The highest BCUT2D eigenvalue weighted by Crippen LogP contribution is 2.22. The minimum Gasteiger partial charge on any atom is -0.372 e. The summed E-state index contributed by atoms with van der Waals surface area (Å²) in [4.78, 5) is 4.13. The van der Waals surface area contributed by atoms with Crippen LogP contribution in [-0.4, -0.2) is 20.4 Å². The van der Waals surface area contributed by atoms with Crippen LogP contribution < -0.4 is 10.0 Å². The molecular formula is C14H16ClN3O2S. The van der Waals surface area contributed by atoms with Gasteiger partial charge in [-0.1, -0.05) is 23.7 Å². The van der Waals surface area contributed by atoms with Gasteiger partial charge in [-0.15, -0.1) is 0 Å². The van der Waals surface area contributed by atoms with Crippen molar-refractivity contribution < 1.29 is 8.42 Å². The zero-order chi connectivity index (χ0) is 15.5. The highest BCUT2D eigenvalue weighted by molar-refractivity contribution is 7.89. The Morgan fingerprint density at radius 3 is 2.48 bits per heavy atom. The van der Waals surface area contributed by atoms with E-state index < -0.39 is 10.0 Å². The third-order valence-electron chi connectivity index (χ3n) is 3.00. The molecule has 0 bridgehead atoms. The number of benzene rings is 1. The minimum atomic E-state index is -3.67. The maximum atomic E-state index is 12.4. The molecule has 2 aromatic rings. The summed E-state index contributed by atoms with van der Waals surface area (Å²) in [6.45, 7) is 1.77. The average Bonchev–Trinajstić information content (AvgIpc) is 2.47. The Bertz CT molecular complexity index is 717. The van der Waals surface area contributed by atoms with Gasteiger partial charge in [-0.05, 0) is 36.8 Å². The van der Waals surface area contributed by atoms with Crippen LogP contribution in [0.5, 0.6) is 0 Å². The molecule has 0 aliphatic rings. The van der Waals surface area contributed by atoms with Crippen LogP contribution in [0.25, 0.3) is 0 Å². The van der Waals surface area contributed by atoms with Crippen LogP contribution >= 0.6 is 11.6 Å². The second-order valence-electron chi connectivity index (χ2n) is 4.49. The van der Waals surface area contributed by atoms with E-state index in [1.165, 1.54) is 12.3 Å². The van der Waals surface area contributed by atoms with E-state index in [1.54, 1.807) is 44.3 Å². The predicted octanol–water partition coefficient (Wildman–Crippen LogP) is 2.82. The Labute approximate surface area is 129 Å². The van der Waals surface area contributed by atoms with Gasteiger partial charge >= 0.3 is 0 Å². The Kier molecular flexibility index (Phi) is 4.82. The van der Waals surface area contributed by atoms with Gasteiger partial charge in [-0.2, -0.15) is 0 Å². The molecule has 0 saturated heterocycles. The van der Waals surface area contributed by atoms with Gasteiger partial charge in [0.25, 0.3) is 0 Å². The van der Waals surface area contributed by atoms with E-state index in [-0.39, 0.29) is 10.9 Å². The second-order valence-corrected chi connectivity index (χ2v) is 6.61. The minimum absolute atomic E-state index is 0.119. The smallest absolute Gasteiger partial charge is 0.244 e. The van der Waals surface area contributed by atoms with E-state index in [2.05, 4.69) is 15.0 Å².